The highest BCUT2D eigenvalue weighted by Crippen LogP contribution is 2.40. The molecule has 2 fully saturated rings. The van der Waals surface area contributed by atoms with Crippen molar-refractivity contribution in [1.29, 1.82) is 0 Å². The van der Waals surface area contributed by atoms with Crippen LogP contribution >= 0.6 is 34.8 Å². The Bertz CT molecular complexity index is 1250. The van der Waals surface area contributed by atoms with Crippen LogP contribution in [0.1, 0.15) is 55.6 Å². The summed E-state index contributed by atoms with van der Waals surface area (Å²) in [6.07, 6.45) is 9.38. The fourth-order valence-corrected chi connectivity index (χ4v) is 7.39. The molecule has 1 unspecified atom stereocenters. The molecule has 9 heteroatoms. The maximum atomic E-state index is 14.0. The van der Waals surface area contributed by atoms with E-state index >= 15 is 0 Å². The maximum Gasteiger partial charge on any atom is 0.283 e. The van der Waals surface area contributed by atoms with Crippen molar-refractivity contribution in [2.24, 2.45) is 0 Å². The molecule has 2 aromatic carbocycles. The lowest BCUT2D eigenvalue weighted by Crippen LogP contribution is -2.74. The van der Waals surface area contributed by atoms with Gasteiger partial charge in [0.15, 0.2) is 5.54 Å². The first kappa shape index (κ1) is 32.8. The molecule has 228 valence electrons. The summed E-state index contributed by atoms with van der Waals surface area (Å²) in [5.41, 5.74) is 1.54. The van der Waals surface area contributed by atoms with Gasteiger partial charge in [0.25, 0.3) is 5.91 Å². The molecule has 4 rings (SSSR count). The van der Waals surface area contributed by atoms with E-state index in [-0.39, 0.29) is 17.7 Å². The minimum Gasteiger partial charge on any atom is -0.343 e. The van der Waals surface area contributed by atoms with E-state index in [0.29, 0.717) is 21.6 Å². The third-order valence-electron chi connectivity index (χ3n) is 9.29. The summed E-state index contributed by atoms with van der Waals surface area (Å²) < 4.78 is 0.817. The van der Waals surface area contributed by atoms with Crippen LogP contribution in [0.4, 0.5) is 0 Å². The highest BCUT2D eigenvalue weighted by molar-refractivity contribution is 6.42. The van der Waals surface area contributed by atoms with Crippen molar-refractivity contribution in [1.82, 2.24) is 15.1 Å². The van der Waals surface area contributed by atoms with E-state index in [9.17, 15) is 9.59 Å². The first-order chi connectivity index (χ1) is 20.1. The van der Waals surface area contributed by atoms with Crippen molar-refractivity contribution in [2.75, 3.05) is 60.4 Å². The highest BCUT2D eigenvalue weighted by atomic mass is 35.5. The smallest absolute Gasteiger partial charge is 0.283 e. The van der Waals surface area contributed by atoms with Gasteiger partial charge in [-0.2, -0.15) is 0 Å². The molecule has 1 atom stereocenters. The van der Waals surface area contributed by atoms with Crippen molar-refractivity contribution in [3.05, 3.63) is 74.7 Å². The van der Waals surface area contributed by atoms with Gasteiger partial charge in [0.05, 0.1) is 29.7 Å². The van der Waals surface area contributed by atoms with Crippen molar-refractivity contribution in [3.63, 3.8) is 0 Å². The molecule has 0 bridgehead atoms. The van der Waals surface area contributed by atoms with Gasteiger partial charge in [-0.25, -0.2) is 0 Å². The lowest BCUT2D eigenvalue weighted by atomic mass is 9.79. The quantitative estimate of drug-likeness (QED) is 0.240. The number of piperidine rings is 2. The molecule has 2 aromatic rings. The third kappa shape index (κ3) is 7.51. The van der Waals surface area contributed by atoms with E-state index in [1.54, 1.807) is 15.9 Å². The Morgan fingerprint density at radius 2 is 1.62 bits per heavy atom. The largest absolute Gasteiger partial charge is 0.343 e. The van der Waals surface area contributed by atoms with Gasteiger partial charge in [-0.1, -0.05) is 53.0 Å². The fraction of sp³-hybridized carbons (Fsp3) is 0.515. The van der Waals surface area contributed by atoms with Crippen molar-refractivity contribution in [3.8, 4) is 0 Å². The molecule has 6 nitrogen and oxygen atoms in total. The Hall–Kier alpha value is -2.09. The number of likely N-dealkylation sites (tertiary alicyclic amines) is 1. The molecule has 2 heterocycles. The fourth-order valence-electron chi connectivity index (χ4n) is 6.95. The summed E-state index contributed by atoms with van der Waals surface area (Å²) in [6, 6.07) is 13.2. The summed E-state index contributed by atoms with van der Waals surface area (Å²) in [4.78, 5) is 30.8. The van der Waals surface area contributed by atoms with Crippen LogP contribution in [0.3, 0.4) is 0 Å². The number of nitrogens with zero attached hydrogens (tertiary/aromatic N) is 3. The molecule has 0 saturated carbocycles. The van der Waals surface area contributed by atoms with Crippen molar-refractivity contribution >= 4 is 52.7 Å². The van der Waals surface area contributed by atoms with Gasteiger partial charge in [-0.05, 0) is 60.7 Å². The number of likely N-dealkylation sites (N-methyl/N-ethyl adjacent to an activating group) is 2. The zero-order valence-corrected chi connectivity index (χ0v) is 27.3. The van der Waals surface area contributed by atoms with Crippen LogP contribution in [0.25, 0.3) is 6.08 Å². The minimum absolute atomic E-state index is 0.0304. The first-order valence-corrected chi connectivity index (χ1v) is 16.1. The van der Waals surface area contributed by atoms with Crippen LogP contribution in [0.15, 0.2) is 48.5 Å². The second-order valence-electron chi connectivity index (χ2n) is 12.1. The third-order valence-corrected chi connectivity index (χ3v) is 10.3. The first-order valence-electron chi connectivity index (χ1n) is 15.0. The molecule has 2 aliphatic rings. The van der Waals surface area contributed by atoms with E-state index < -0.39 is 5.54 Å². The number of hydrogen-bond donors (Lipinski definition) is 1. The number of carbonyl (C=O) groups excluding carboxylic acids is 2. The predicted octanol–water partition coefficient (Wildman–Crippen LogP) is 6.50. The van der Waals surface area contributed by atoms with E-state index in [2.05, 4.69) is 5.32 Å². The van der Waals surface area contributed by atoms with Crippen LogP contribution in [0, 0.1) is 0 Å². The summed E-state index contributed by atoms with van der Waals surface area (Å²) >= 11 is 18.8. The van der Waals surface area contributed by atoms with Gasteiger partial charge in [0, 0.05) is 77.1 Å². The standard InChI is InChI=1S/C33H44Cl3N4O2/c1-38(2)32(42)33(16-18-37-19-17-33)40(20-5-4-6-21-40)22-15-27(26-10-13-29(35)30(36)23-26)24-39(3)31(41)14-9-25-7-11-28(34)12-8-25/h7-14,23,27,37H,4-6,15-22,24H2,1-3H3/q+1. The molecular formula is C33H44Cl3N4O2+. The number of benzene rings is 2. The monoisotopic (exact) mass is 633 g/mol. The Balaban J connectivity index is 1.61. The van der Waals surface area contributed by atoms with E-state index in [1.807, 2.05) is 69.7 Å². The molecule has 42 heavy (non-hydrogen) atoms. The Morgan fingerprint density at radius 3 is 2.24 bits per heavy atom. The van der Waals surface area contributed by atoms with Gasteiger partial charge < -0.3 is 19.6 Å². The number of carbonyl (C=O) groups is 2. The van der Waals surface area contributed by atoms with E-state index in [4.69, 9.17) is 34.8 Å². The average molecular weight is 635 g/mol. The number of rotatable bonds is 10. The molecule has 2 saturated heterocycles. The molecule has 0 aromatic heterocycles. The Kier molecular flexibility index (Phi) is 11.4. The van der Waals surface area contributed by atoms with Crippen LogP contribution in [0.5, 0.6) is 0 Å². The summed E-state index contributed by atoms with van der Waals surface area (Å²) in [5.74, 6) is 0.203. The maximum absolute atomic E-state index is 14.0. The molecule has 2 amide bonds. The molecule has 2 aliphatic heterocycles. The second-order valence-corrected chi connectivity index (χ2v) is 13.4. The molecule has 0 spiro atoms. The summed E-state index contributed by atoms with van der Waals surface area (Å²) in [6.45, 7) is 5.11. The molecular weight excluding hydrogens is 591 g/mol. The predicted molar refractivity (Wildman–Crippen MR) is 174 cm³/mol. The lowest BCUT2D eigenvalue weighted by Gasteiger charge is -2.56. The van der Waals surface area contributed by atoms with Crippen molar-refractivity contribution < 1.29 is 14.1 Å². The van der Waals surface area contributed by atoms with E-state index in [1.165, 1.54) is 6.42 Å². The van der Waals surface area contributed by atoms with Crippen LogP contribution in [-0.4, -0.2) is 92.0 Å². The van der Waals surface area contributed by atoms with Crippen LogP contribution < -0.4 is 5.32 Å². The zero-order chi connectivity index (χ0) is 30.3. The topological polar surface area (TPSA) is 52.7 Å². The minimum atomic E-state index is -0.430. The number of amides is 2. The van der Waals surface area contributed by atoms with Gasteiger partial charge >= 0.3 is 0 Å². The van der Waals surface area contributed by atoms with E-state index in [0.717, 1.165) is 80.4 Å². The number of nitrogens with one attached hydrogen (secondary N) is 1. The summed E-state index contributed by atoms with van der Waals surface area (Å²) in [7, 11) is 5.63. The Labute approximate surface area is 266 Å². The van der Waals surface area contributed by atoms with Gasteiger partial charge in [-0.3, -0.25) is 9.59 Å². The number of hydrogen-bond acceptors (Lipinski definition) is 3. The SMILES string of the molecule is CN(C)C(=O)C1([N+]2(CCC(CN(C)C(=O)C=Cc3ccc(Cl)cc3)c3ccc(Cl)c(Cl)c3)CCCCC2)CCNCC1. The van der Waals surface area contributed by atoms with Gasteiger partial charge in [0.2, 0.25) is 5.91 Å². The lowest BCUT2D eigenvalue weighted by molar-refractivity contribution is -0.972. The number of quaternary nitrogens is 1. The van der Waals surface area contributed by atoms with Crippen molar-refractivity contribution in [2.45, 2.75) is 50.0 Å². The zero-order valence-electron chi connectivity index (χ0n) is 25.1. The van der Waals surface area contributed by atoms with Crippen LogP contribution in [-0.2, 0) is 9.59 Å². The van der Waals surface area contributed by atoms with Crippen LogP contribution in [0.2, 0.25) is 15.1 Å². The van der Waals surface area contributed by atoms with Gasteiger partial charge in [0.1, 0.15) is 0 Å². The molecule has 0 aliphatic carbocycles. The summed E-state index contributed by atoms with van der Waals surface area (Å²) in [5, 5.41) is 5.17. The normalized spacial score (nSPS) is 18.9. The second kappa shape index (κ2) is 14.6. The average Bonchev–Trinajstić information content (AvgIpc) is 3.00. The number of halogens is 3. The Morgan fingerprint density at radius 1 is 0.952 bits per heavy atom. The highest BCUT2D eigenvalue weighted by Gasteiger charge is 2.57. The van der Waals surface area contributed by atoms with Gasteiger partial charge in [-0.15, -0.1) is 0 Å². The molecule has 0 radical (unpaired) electrons. The molecule has 1 N–H and O–H groups in total.